The average Bonchev–Trinajstić information content (AvgIpc) is 2.82. The molecule has 1 aromatic carbocycles. The highest BCUT2D eigenvalue weighted by Gasteiger charge is 2.28. The maximum atomic E-state index is 12.9. The number of aromatic nitrogens is 1. The van der Waals surface area contributed by atoms with Crippen LogP contribution >= 0.6 is 0 Å². The summed E-state index contributed by atoms with van der Waals surface area (Å²) in [6.45, 7) is 0. The van der Waals surface area contributed by atoms with Crippen LogP contribution < -0.4 is 0 Å². The zero-order chi connectivity index (χ0) is 13.4. The molecule has 1 atom stereocenters. The number of carboxylic acids is 1. The molecule has 0 saturated heterocycles. The molecule has 4 nitrogen and oxygen atoms in total. The van der Waals surface area contributed by atoms with E-state index in [1.54, 1.807) is 12.1 Å². The molecule has 2 aromatic rings. The second-order valence-corrected chi connectivity index (χ2v) is 4.67. The van der Waals surface area contributed by atoms with E-state index in [4.69, 9.17) is 9.52 Å². The van der Waals surface area contributed by atoms with Crippen LogP contribution in [0.4, 0.5) is 4.39 Å². The molecule has 0 bridgehead atoms. The minimum absolute atomic E-state index is 0.314. The van der Waals surface area contributed by atoms with Crippen LogP contribution in [-0.2, 0) is 17.6 Å². The summed E-state index contributed by atoms with van der Waals surface area (Å²) in [6.07, 6.45) is 1.55. The van der Waals surface area contributed by atoms with Crippen molar-refractivity contribution in [2.75, 3.05) is 0 Å². The van der Waals surface area contributed by atoms with Crippen LogP contribution in [0, 0.1) is 11.7 Å². The molecule has 3 rings (SSSR count). The Morgan fingerprint density at radius 1 is 1.37 bits per heavy atom. The number of oxazole rings is 1. The fraction of sp³-hybridized carbons (Fsp3) is 0.286. The van der Waals surface area contributed by atoms with E-state index in [0.717, 1.165) is 5.76 Å². The lowest BCUT2D eigenvalue weighted by Gasteiger charge is -2.15. The molecule has 1 aliphatic rings. The van der Waals surface area contributed by atoms with Gasteiger partial charge in [0, 0.05) is 18.4 Å². The SMILES string of the molecule is O=C(O)C1CCc2oc(-c3ccc(F)cc3)nc2C1. The summed E-state index contributed by atoms with van der Waals surface area (Å²) in [4.78, 5) is 15.3. The minimum atomic E-state index is -0.794. The van der Waals surface area contributed by atoms with Gasteiger partial charge in [-0.25, -0.2) is 9.37 Å². The van der Waals surface area contributed by atoms with Crippen molar-refractivity contribution >= 4 is 5.97 Å². The fourth-order valence-corrected chi connectivity index (χ4v) is 2.31. The van der Waals surface area contributed by atoms with Gasteiger partial charge in [0.15, 0.2) is 0 Å². The molecule has 1 N–H and O–H groups in total. The van der Waals surface area contributed by atoms with E-state index in [2.05, 4.69) is 4.98 Å². The maximum Gasteiger partial charge on any atom is 0.306 e. The van der Waals surface area contributed by atoms with E-state index in [9.17, 15) is 9.18 Å². The monoisotopic (exact) mass is 261 g/mol. The predicted octanol–water partition coefficient (Wildman–Crippen LogP) is 2.67. The summed E-state index contributed by atoms with van der Waals surface area (Å²) >= 11 is 0. The molecule has 0 radical (unpaired) electrons. The second-order valence-electron chi connectivity index (χ2n) is 4.67. The van der Waals surface area contributed by atoms with Gasteiger partial charge in [-0.1, -0.05) is 0 Å². The van der Waals surface area contributed by atoms with E-state index < -0.39 is 11.9 Å². The first-order valence-corrected chi connectivity index (χ1v) is 6.11. The second kappa shape index (κ2) is 4.50. The van der Waals surface area contributed by atoms with Crippen molar-refractivity contribution in [3.8, 4) is 11.5 Å². The Morgan fingerprint density at radius 3 is 2.79 bits per heavy atom. The van der Waals surface area contributed by atoms with Gasteiger partial charge in [-0.15, -0.1) is 0 Å². The number of carboxylic acid groups (broad SMARTS) is 1. The largest absolute Gasteiger partial charge is 0.481 e. The van der Waals surface area contributed by atoms with E-state index >= 15 is 0 Å². The van der Waals surface area contributed by atoms with Crippen LogP contribution in [0.15, 0.2) is 28.7 Å². The summed E-state index contributed by atoms with van der Waals surface area (Å²) in [5.41, 5.74) is 1.40. The van der Waals surface area contributed by atoms with Crippen LogP contribution in [0.5, 0.6) is 0 Å². The molecular formula is C14H12FNO3. The fourth-order valence-electron chi connectivity index (χ4n) is 2.31. The lowest BCUT2D eigenvalue weighted by atomic mass is 9.90. The Morgan fingerprint density at radius 2 is 2.11 bits per heavy atom. The molecule has 19 heavy (non-hydrogen) atoms. The topological polar surface area (TPSA) is 63.3 Å². The third-order valence-electron chi connectivity index (χ3n) is 3.38. The molecule has 0 aliphatic heterocycles. The molecule has 1 aromatic heterocycles. The van der Waals surface area contributed by atoms with Gasteiger partial charge in [-0.3, -0.25) is 4.79 Å². The number of halogens is 1. The molecule has 5 heteroatoms. The molecule has 0 amide bonds. The Balaban J connectivity index is 1.91. The van der Waals surface area contributed by atoms with Crippen molar-refractivity contribution in [3.63, 3.8) is 0 Å². The maximum absolute atomic E-state index is 12.9. The van der Waals surface area contributed by atoms with E-state index in [-0.39, 0.29) is 5.82 Å². The van der Waals surface area contributed by atoms with Gasteiger partial charge < -0.3 is 9.52 Å². The van der Waals surface area contributed by atoms with Crippen LogP contribution in [-0.4, -0.2) is 16.1 Å². The third kappa shape index (κ3) is 2.23. The lowest BCUT2D eigenvalue weighted by molar-refractivity contribution is -0.142. The molecule has 0 fully saturated rings. The molecule has 1 heterocycles. The van der Waals surface area contributed by atoms with Crippen LogP contribution in [0.2, 0.25) is 0 Å². The number of aliphatic carboxylic acids is 1. The summed E-state index contributed by atoms with van der Waals surface area (Å²) < 4.78 is 18.5. The summed E-state index contributed by atoms with van der Waals surface area (Å²) in [5, 5.41) is 9.02. The summed E-state index contributed by atoms with van der Waals surface area (Å²) in [5.74, 6) is -0.325. The van der Waals surface area contributed by atoms with Gasteiger partial charge in [-0.05, 0) is 30.7 Å². The van der Waals surface area contributed by atoms with Gasteiger partial charge in [0.2, 0.25) is 5.89 Å². The number of fused-ring (bicyclic) bond motifs is 1. The Hall–Kier alpha value is -2.17. The van der Waals surface area contributed by atoms with Crippen molar-refractivity contribution < 1.29 is 18.7 Å². The number of aryl methyl sites for hydroxylation is 1. The van der Waals surface area contributed by atoms with Crippen molar-refractivity contribution in [2.45, 2.75) is 19.3 Å². The lowest BCUT2D eigenvalue weighted by Crippen LogP contribution is -2.21. The number of benzene rings is 1. The van der Waals surface area contributed by atoms with Crippen molar-refractivity contribution in [1.29, 1.82) is 0 Å². The van der Waals surface area contributed by atoms with E-state index in [0.29, 0.717) is 36.4 Å². The molecule has 1 unspecified atom stereocenters. The van der Waals surface area contributed by atoms with Crippen LogP contribution in [0.25, 0.3) is 11.5 Å². The normalized spacial score (nSPS) is 18.1. The average molecular weight is 261 g/mol. The van der Waals surface area contributed by atoms with Gasteiger partial charge in [0.05, 0.1) is 11.6 Å². The Labute approximate surface area is 108 Å². The molecular weight excluding hydrogens is 249 g/mol. The van der Waals surface area contributed by atoms with Gasteiger partial charge in [0.25, 0.3) is 0 Å². The van der Waals surface area contributed by atoms with Crippen LogP contribution in [0.1, 0.15) is 17.9 Å². The summed E-state index contributed by atoms with van der Waals surface area (Å²) in [7, 11) is 0. The van der Waals surface area contributed by atoms with Crippen molar-refractivity contribution in [2.24, 2.45) is 5.92 Å². The quantitative estimate of drug-likeness (QED) is 0.902. The first-order chi connectivity index (χ1) is 9.13. The number of rotatable bonds is 2. The Kier molecular flexibility index (Phi) is 2.81. The zero-order valence-corrected chi connectivity index (χ0v) is 10.1. The van der Waals surface area contributed by atoms with Crippen LogP contribution in [0.3, 0.4) is 0 Å². The van der Waals surface area contributed by atoms with Gasteiger partial charge in [-0.2, -0.15) is 0 Å². The molecule has 0 saturated carbocycles. The first-order valence-electron chi connectivity index (χ1n) is 6.11. The number of hydrogen-bond donors (Lipinski definition) is 1. The molecule has 0 spiro atoms. The van der Waals surface area contributed by atoms with Gasteiger partial charge in [0.1, 0.15) is 11.6 Å². The third-order valence-corrected chi connectivity index (χ3v) is 3.38. The first kappa shape index (κ1) is 11.9. The minimum Gasteiger partial charge on any atom is -0.481 e. The predicted molar refractivity (Wildman–Crippen MR) is 65.0 cm³/mol. The Bertz CT molecular complexity index is 618. The molecule has 1 aliphatic carbocycles. The molecule has 98 valence electrons. The number of hydrogen-bond acceptors (Lipinski definition) is 3. The number of carbonyl (C=O) groups is 1. The number of nitrogens with zero attached hydrogens (tertiary/aromatic N) is 1. The van der Waals surface area contributed by atoms with E-state index in [1.165, 1.54) is 12.1 Å². The van der Waals surface area contributed by atoms with Crippen molar-refractivity contribution in [3.05, 3.63) is 41.5 Å². The zero-order valence-electron chi connectivity index (χ0n) is 10.1. The van der Waals surface area contributed by atoms with E-state index in [1.807, 2.05) is 0 Å². The summed E-state index contributed by atoms with van der Waals surface area (Å²) in [6, 6.07) is 5.89. The van der Waals surface area contributed by atoms with Gasteiger partial charge >= 0.3 is 5.97 Å². The highest BCUT2D eigenvalue weighted by molar-refractivity contribution is 5.70. The standard InChI is InChI=1S/C14H12FNO3/c15-10-4-1-8(2-5-10)13-16-11-7-9(14(17)18)3-6-12(11)19-13/h1-2,4-5,9H,3,6-7H2,(H,17,18). The smallest absolute Gasteiger partial charge is 0.306 e. The highest BCUT2D eigenvalue weighted by atomic mass is 19.1. The highest BCUT2D eigenvalue weighted by Crippen LogP contribution is 2.30. The van der Waals surface area contributed by atoms with Crippen molar-refractivity contribution in [1.82, 2.24) is 4.98 Å².